The molecular formula is C29H31N5O. The molecule has 2 N–H and O–H groups in total. The van der Waals surface area contributed by atoms with E-state index in [-0.39, 0.29) is 6.03 Å². The molecular weight excluding hydrogens is 434 g/mol. The Labute approximate surface area is 205 Å². The van der Waals surface area contributed by atoms with E-state index < -0.39 is 0 Å². The van der Waals surface area contributed by atoms with Crippen molar-refractivity contribution < 1.29 is 4.79 Å². The lowest BCUT2D eigenvalue weighted by atomic mass is 9.74. The second-order valence-corrected chi connectivity index (χ2v) is 9.88. The van der Waals surface area contributed by atoms with Crippen molar-refractivity contribution in [3.8, 4) is 11.3 Å². The Morgan fingerprint density at radius 2 is 1.80 bits per heavy atom. The molecule has 0 radical (unpaired) electrons. The predicted octanol–water partition coefficient (Wildman–Crippen LogP) is 5.24. The van der Waals surface area contributed by atoms with Crippen LogP contribution in [0.2, 0.25) is 0 Å². The van der Waals surface area contributed by atoms with Crippen molar-refractivity contribution in [3.05, 3.63) is 84.6 Å². The van der Waals surface area contributed by atoms with Crippen molar-refractivity contribution in [3.63, 3.8) is 0 Å². The van der Waals surface area contributed by atoms with Gasteiger partial charge in [-0.1, -0.05) is 54.6 Å². The fourth-order valence-electron chi connectivity index (χ4n) is 5.91. The number of fused-ring (bicyclic) bond motifs is 4. The highest BCUT2D eigenvalue weighted by atomic mass is 16.2. The normalized spacial score (nSPS) is 23.3. The summed E-state index contributed by atoms with van der Waals surface area (Å²) in [6.07, 6.45) is 2.31. The fourth-order valence-corrected chi connectivity index (χ4v) is 5.91. The Kier molecular flexibility index (Phi) is 5.74. The lowest BCUT2D eigenvalue weighted by Gasteiger charge is -2.49. The number of rotatable bonds is 5. The summed E-state index contributed by atoms with van der Waals surface area (Å²) in [5.41, 5.74) is 4.34. The predicted molar refractivity (Wildman–Crippen MR) is 140 cm³/mol. The Bertz CT molecular complexity index is 1350. The molecule has 4 heterocycles. The van der Waals surface area contributed by atoms with E-state index in [4.69, 9.17) is 5.10 Å². The van der Waals surface area contributed by atoms with E-state index in [1.54, 1.807) is 0 Å². The van der Waals surface area contributed by atoms with E-state index >= 15 is 0 Å². The van der Waals surface area contributed by atoms with E-state index in [0.717, 1.165) is 30.9 Å². The molecule has 7 rings (SSSR count). The molecule has 6 heteroatoms. The first-order valence-corrected chi connectivity index (χ1v) is 12.5. The quantitative estimate of drug-likeness (QED) is 0.424. The van der Waals surface area contributed by atoms with Gasteiger partial charge in [0, 0.05) is 49.0 Å². The van der Waals surface area contributed by atoms with Gasteiger partial charge in [0.2, 0.25) is 0 Å². The summed E-state index contributed by atoms with van der Waals surface area (Å²) in [5.74, 6) is 1.09. The lowest BCUT2D eigenvalue weighted by Crippen LogP contribution is -2.56. The molecule has 0 saturated carbocycles. The number of nitrogens with zero attached hydrogens (tertiary/aromatic N) is 3. The molecule has 3 aromatic carbocycles. The topological polar surface area (TPSA) is 62.2 Å². The van der Waals surface area contributed by atoms with Crippen molar-refractivity contribution in [2.75, 3.05) is 25.0 Å². The average molecular weight is 466 g/mol. The van der Waals surface area contributed by atoms with Crippen molar-refractivity contribution in [2.45, 2.75) is 24.8 Å². The van der Waals surface area contributed by atoms with Gasteiger partial charge in [0.1, 0.15) is 0 Å². The minimum Gasteiger partial charge on any atom is -0.336 e. The molecule has 3 fully saturated rings. The van der Waals surface area contributed by atoms with Crippen LogP contribution in [-0.4, -0.2) is 46.4 Å². The molecule has 178 valence electrons. The van der Waals surface area contributed by atoms with E-state index in [2.05, 4.69) is 75.8 Å². The molecule has 4 aromatic rings. The van der Waals surface area contributed by atoms with E-state index in [1.165, 1.54) is 28.5 Å². The van der Waals surface area contributed by atoms with E-state index in [1.807, 2.05) is 30.3 Å². The molecule has 4 unspecified atom stereocenters. The maximum absolute atomic E-state index is 12.4. The van der Waals surface area contributed by atoms with Gasteiger partial charge in [-0.15, -0.1) is 0 Å². The summed E-state index contributed by atoms with van der Waals surface area (Å²) in [6, 6.07) is 27.2. The van der Waals surface area contributed by atoms with Gasteiger partial charge in [-0.05, 0) is 60.3 Å². The van der Waals surface area contributed by atoms with E-state index in [9.17, 15) is 4.79 Å². The summed E-state index contributed by atoms with van der Waals surface area (Å²) in [4.78, 5) is 14.9. The molecule has 0 spiro atoms. The third kappa shape index (κ3) is 4.42. The van der Waals surface area contributed by atoms with Crippen molar-refractivity contribution in [1.29, 1.82) is 0 Å². The number of hydrogen-bond donors (Lipinski definition) is 2. The Morgan fingerprint density at radius 1 is 1.00 bits per heavy atom. The first-order valence-electron chi connectivity index (χ1n) is 12.5. The minimum atomic E-state index is -0.137. The highest BCUT2D eigenvalue weighted by Gasteiger charge is 2.41. The van der Waals surface area contributed by atoms with Crippen LogP contribution in [-0.2, 0) is 7.05 Å². The zero-order valence-electron chi connectivity index (χ0n) is 20.0. The van der Waals surface area contributed by atoms with Gasteiger partial charge in [0.25, 0.3) is 0 Å². The second kappa shape index (κ2) is 9.19. The maximum Gasteiger partial charge on any atom is 0.319 e. The van der Waals surface area contributed by atoms with Gasteiger partial charge in [0.05, 0.1) is 5.69 Å². The molecule has 3 aliphatic rings. The minimum absolute atomic E-state index is 0.137. The summed E-state index contributed by atoms with van der Waals surface area (Å²) in [7, 11) is 2.07. The molecule has 3 saturated heterocycles. The Morgan fingerprint density at radius 3 is 2.60 bits per heavy atom. The number of para-hydroxylation sites is 1. The molecule has 4 atom stereocenters. The Balaban J connectivity index is 1.13. The number of aryl methyl sites for hydroxylation is 1. The van der Waals surface area contributed by atoms with E-state index in [0.29, 0.717) is 24.4 Å². The molecule has 35 heavy (non-hydrogen) atoms. The number of benzene rings is 3. The third-order valence-electron chi connectivity index (χ3n) is 7.75. The molecule has 2 bridgehead atoms. The number of aromatic nitrogens is 2. The fraction of sp³-hybridized carbons (Fsp3) is 0.310. The van der Waals surface area contributed by atoms with Crippen LogP contribution < -0.4 is 10.6 Å². The highest BCUT2D eigenvalue weighted by molar-refractivity contribution is 5.89. The number of hydrogen-bond acceptors (Lipinski definition) is 3. The van der Waals surface area contributed by atoms with Crippen LogP contribution in [0.1, 0.15) is 24.5 Å². The number of anilines is 1. The number of carbonyl (C=O) groups is 1. The van der Waals surface area contributed by atoms with Crippen molar-refractivity contribution in [2.24, 2.45) is 13.0 Å². The van der Waals surface area contributed by atoms with Crippen LogP contribution >= 0.6 is 0 Å². The first-order chi connectivity index (χ1) is 17.1. The zero-order chi connectivity index (χ0) is 23.8. The van der Waals surface area contributed by atoms with Crippen LogP contribution in [0.4, 0.5) is 10.5 Å². The van der Waals surface area contributed by atoms with Gasteiger partial charge in [-0.25, -0.2) is 4.79 Å². The smallest absolute Gasteiger partial charge is 0.319 e. The summed E-state index contributed by atoms with van der Waals surface area (Å²) in [5, 5.41) is 13.4. The SMILES string of the molecule is Cn1nc(-c2ccc3ccccc3c2)cc1C1CN2CCC1CC2CNC(=O)Nc1ccccc1. The third-order valence-corrected chi connectivity index (χ3v) is 7.75. The number of piperidine rings is 3. The average Bonchev–Trinajstić information content (AvgIpc) is 3.29. The van der Waals surface area contributed by atoms with Crippen LogP contribution in [0.5, 0.6) is 0 Å². The van der Waals surface area contributed by atoms with Crippen molar-refractivity contribution in [1.82, 2.24) is 20.0 Å². The van der Waals surface area contributed by atoms with Gasteiger partial charge in [-0.2, -0.15) is 5.10 Å². The van der Waals surface area contributed by atoms with Crippen LogP contribution in [0.3, 0.4) is 0 Å². The second-order valence-electron chi connectivity index (χ2n) is 9.88. The zero-order valence-corrected chi connectivity index (χ0v) is 20.0. The lowest BCUT2D eigenvalue weighted by molar-refractivity contribution is 0.0296. The van der Waals surface area contributed by atoms with Gasteiger partial charge in [0.15, 0.2) is 0 Å². The van der Waals surface area contributed by atoms with Crippen molar-refractivity contribution >= 4 is 22.5 Å². The van der Waals surface area contributed by atoms with Gasteiger partial charge in [-0.3, -0.25) is 9.58 Å². The van der Waals surface area contributed by atoms with Crippen LogP contribution in [0, 0.1) is 5.92 Å². The number of carbonyl (C=O) groups excluding carboxylic acids is 1. The Hall–Kier alpha value is -3.64. The van der Waals surface area contributed by atoms with Crippen LogP contribution in [0.25, 0.3) is 22.0 Å². The number of urea groups is 1. The van der Waals surface area contributed by atoms with Gasteiger partial charge >= 0.3 is 6.03 Å². The number of amides is 2. The molecule has 2 amide bonds. The highest BCUT2D eigenvalue weighted by Crippen LogP contribution is 2.42. The first kappa shape index (κ1) is 21.9. The van der Waals surface area contributed by atoms with Crippen LogP contribution in [0.15, 0.2) is 78.9 Å². The standard InChI is InChI=1S/C29H31N5O/c1-33-28(17-27(32-33)23-12-11-20-7-5-6-8-21(20)15-23)26-19-34-14-13-22(26)16-25(34)18-30-29(35)31-24-9-3-2-4-10-24/h2-12,15,17,22,25-26H,13-14,16,18-19H2,1H3,(H2,30,31,35). The largest absolute Gasteiger partial charge is 0.336 e. The molecule has 0 aliphatic carbocycles. The maximum atomic E-state index is 12.4. The molecule has 6 nitrogen and oxygen atoms in total. The summed E-state index contributed by atoms with van der Waals surface area (Å²) in [6.45, 7) is 2.80. The van der Waals surface area contributed by atoms with Gasteiger partial charge < -0.3 is 10.6 Å². The summed E-state index contributed by atoms with van der Waals surface area (Å²) < 4.78 is 2.08. The monoisotopic (exact) mass is 465 g/mol. The molecule has 3 aliphatic heterocycles. The molecule has 1 aromatic heterocycles. The number of nitrogens with one attached hydrogen (secondary N) is 2. The summed E-state index contributed by atoms with van der Waals surface area (Å²) >= 11 is 0.